The van der Waals surface area contributed by atoms with Crippen molar-refractivity contribution in [1.82, 2.24) is 19.6 Å². The highest BCUT2D eigenvalue weighted by Gasteiger charge is 2.24. The molecule has 136 valence electrons. The summed E-state index contributed by atoms with van der Waals surface area (Å²) in [4.78, 5) is 9.06. The Morgan fingerprint density at radius 3 is 2.68 bits per heavy atom. The highest BCUT2D eigenvalue weighted by Crippen LogP contribution is 2.19. The van der Waals surface area contributed by atoms with Crippen LogP contribution in [0, 0.1) is 11.2 Å². The van der Waals surface area contributed by atoms with Crippen molar-refractivity contribution >= 4 is 18.0 Å². The monoisotopic (exact) mass is 365 g/mol. The number of nitriles is 1. The molecular formula is C22H20BN5. The minimum absolute atomic E-state index is 0.341. The molecule has 0 aliphatic heterocycles. The van der Waals surface area contributed by atoms with Crippen molar-refractivity contribution in [1.29, 1.82) is 5.26 Å². The fourth-order valence-electron chi connectivity index (χ4n) is 3.45. The summed E-state index contributed by atoms with van der Waals surface area (Å²) >= 11 is 0. The summed E-state index contributed by atoms with van der Waals surface area (Å²) in [6.45, 7) is 1.80. The van der Waals surface area contributed by atoms with E-state index in [1.165, 1.54) is 0 Å². The Hall–Kier alpha value is -3.46. The third-order valence-electron chi connectivity index (χ3n) is 4.84. The van der Waals surface area contributed by atoms with Gasteiger partial charge in [0, 0.05) is 35.1 Å². The molecule has 6 heteroatoms. The van der Waals surface area contributed by atoms with E-state index in [2.05, 4.69) is 23.0 Å². The van der Waals surface area contributed by atoms with Crippen LogP contribution in [0.15, 0.2) is 67.1 Å². The molecule has 4 aromatic rings. The van der Waals surface area contributed by atoms with E-state index >= 15 is 0 Å². The van der Waals surface area contributed by atoms with Gasteiger partial charge in [0.25, 0.3) is 0 Å². The fourth-order valence-corrected chi connectivity index (χ4v) is 3.45. The van der Waals surface area contributed by atoms with E-state index in [-0.39, 0.29) is 6.71 Å². The van der Waals surface area contributed by atoms with E-state index in [1.807, 2.05) is 65.4 Å². The summed E-state index contributed by atoms with van der Waals surface area (Å²) in [5.41, 5.74) is 5.74. The second-order valence-electron chi connectivity index (χ2n) is 6.83. The first-order valence-electron chi connectivity index (χ1n) is 9.51. The van der Waals surface area contributed by atoms with E-state index in [1.54, 1.807) is 6.20 Å². The third-order valence-corrected chi connectivity index (χ3v) is 4.84. The van der Waals surface area contributed by atoms with Crippen LogP contribution in [0.25, 0.3) is 16.9 Å². The summed E-state index contributed by atoms with van der Waals surface area (Å²) in [5, 5.41) is 14.5. The average Bonchev–Trinajstić information content (AvgIpc) is 3.16. The van der Waals surface area contributed by atoms with E-state index in [4.69, 9.17) is 4.98 Å². The van der Waals surface area contributed by atoms with Crippen LogP contribution in [0.2, 0.25) is 0 Å². The molecular weight excluding hydrogens is 345 g/mol. The van der Waals surface area contributed by atoms with E-state index in [9.17, 15) is 5.26 Å². The molecule has 0 amide bonds. The molecule has 0 fully saturated rings. The summed E-state index contributed by atoms with van der Waals surface area (Å²) in [5.74, 6) is 2.46. The van der Waals surface area contributed by atoms with Gasteiger partial charge in [-0.1, -0.05) is 49.7 Å². The predicted octanol–water partition coefficient (Wildman–Crippen LogP) is 3.29. The molecule has 0 saturated heterocycles. The van der Waals surface area contributed by atoms with Crippen molar-refractivity contribution in [3.05, 3.63) is 78.2 Å². The molecule has 4 rings (SSSR count). The Morgan fingerprint density at radius 1 is 1.11 bits per heavy atom. The number of benzene rings is 1. The SMILES string of the molecule is CCCc1cnn2c(B(C#N)Cc3cccnc3)cc(-c3ccccc3)nc12. The molecule has 0 radical (unpaired) electrons. The first-order chi connectivity index (χ1) is 13.8. The number of hydrogen-bond acceptors (Lipinski definition) is 4. The predicted molar refractivity (Wildman–Crippen MR) is 111 cm³/mol. The molecule has 28 heavy (non-hydrogen) atoms. The zero-order valence-electron chi connectivity index (χ0n) is 15.8. The average molecular weight is 365 g/mol. The molecule has 0 bridgehead atoms. The van der Waals surface area contributed by atoms with Gasteiger partial charge in [-0.15, -0.1) is 0 Å². The number of aromatic nitrogens is 4. The van der Waals surface area contributed by atoms with Gasteiger partial charge in [0.05, 0.1) is 11.9 Å². The van der Waals surface area contributed by atoms with Crippen molar-refractivity contribution in [3.8, 4) is 17.2 Å². The van der Waals surface area contributed by atoms with Gasteiger partial charge in [-0.2, -0.15) is 5.10 Å². The van der Waals surface area contributed by atoms with Crippen LogP contribution in [0.4, 0.5) is 0 Å². The number of hydrogen-bond donors (Lipinski definition) is 0. The van der Waals surface area contributed by atoms with Gasteiger partial charge in [0.2, 0.25) is 0 Å². The van der Waals surface area contributed by atoms with Crippen LogP contribution in [0.5, 0.6) is 0 Å². The highest BCUT2D eigenvalue weighted by atomic mass is 15.2. The van der Waals surface area contributed by atoms with Crippen molar-refractivity contribution in [2.75, 3.05) is 0 Å². The lowest BCUT2D eigenvalue weighted by Crippen LogP contribution is -2.37. The number of rotatable bonds is 6. The van der Waals surface area contributed by atoms with Gasteiger partial charge in [-0.3, -0.25) is 4.98 Å². The number of pyridine rings is 1. The molecule has 5 nitrogen and oxygen atoms in total. The Balaban J connectivity index is 1.87. The molecule has 0 spiro atoms. The molecule has 3 aromatic heterocycles. The highest BCUT2D eigenvalue weighted by molar-refractivity contribution is 6.79. The van der Waals surface area contributed by atoms with Crippen LogP contribution in [-0.2, 0) is 12.7 Å². The first-order valence-corrected chi connectivity index (χ1v) is 9.51. The Bertz CT molecular complexity index is 1120. The molecule has 3 heterocycles. The van der Waals surface area contributed by atoms with Crippen LogP contribution in [0.3, 0.4) is 0 Å². The summed E-state index contributed by atoms with van der Waals surface area (Å²) in [6, 6.07) is 16.0. The van der Waals surface area contributed by atoms with Gasteiger partial charge < -0.3 is 0 Å². The summed E-state index contributed by atoms with van der Waals surface area (Å²) < 4.78 is 1.84. The third kappa shape index (κ3) is 3.52. The van der Waals surface area contributed by atoms with Crippen LogP contribution < -0.4 is 5.59 Å². The van der Waals surface area contributed by atoms with Gasteiger partial charge >= 0.3 is 6.71 Å². The minimum Gasteiger partial charge on any atom is -0.264 e. The van der Waals surface area contributed by atoms with E-state index in [0.717, 1.165) is 46.5 Å². The smallest absolute Gasteiger partial charge is 0.264 e. The van der Waals surface area contributed by atoms with Gasteiger partial charge in [0.1, 0.15) is 0 Å². The number of nitrogens with zero attached hydrogens (tertiary/aromatic N) is 5. The fraction of sp³-hybridized carbons (Fsp3) is 0.182. The Kier molecular flexibility index (Phi) is 5.16. The zero-order valence-corrected chi connectivity index (χ0v) is 15.8. The zero-order chi connectivity index (χ0) is 19.3. The summed E-state index contributed by atoms with van der Waals surface area (Å²) in [6.07, 6.45) is 7.95. The number of aryl methyl sites for hydroxylation is 1. The minimum atomic E-state index is -0.341. The molecule has 0 aliphatic carbocycles. The summed E-state index contributed by atoms with van der Waals surface area (Å²) in [7, 11) is 0. The molecule has 1 aromatic carbocycles. The maximum absolute atomic E-state index is 9.94. The van der Waals surface area contributed by atoms with Crippen molar-refractivity contribution in [2.24, 2.45) is 0 Å². The lowest BCUT2D eigenvalue weighted by Gasteiger charge is -2.12. The quantitative estimate of drug-likeness (QED) is 0.492. The lowest BCUT2D eigenvalue weighted by molar-refractivity contribution is 0.926. The second kappa shape index (κ2) is 8.05. The molecule has 0 unspecified atom stereocenters. The van der Waals surface area contributed by atoms with Gasteiger partial charge in [-0.25, -0.2) is 14.8 Å². The molecule has 0 saturated carbocycles. The molecule has 0 atom stereocenters. The second-order valence-corrected chi connectivity index (χ2v) is 6.83. The normalized spacial score (nSPS) is 10.7. The lowest BCUT2D eigenvalue weighted by atomic mass is 9.45. The standard InChI is InChI=1S/C22H20BN5/c1-2-7-19-15-26-28-21(23(16-24)13-17-8-6-11-25-14-17)12-20(27-22(19)28)18-9-4-3-5-10-18/h3-6,8-12,14-15H,2,7,13H2,1H3. The van der Waals surface area contributed by atoms with Gasteiger partial charge in [-0.05, 0) is 30.4 Å². The largest absolute Gasteiger partial charge is 0.326 e. The van der Waals surface area contributed by atoms with Crippen LogP contribution in [-0.4, -0.2) is 26.3 Å². The maximum Gasteiger partial charge on any atom is 0.326 e. The maximum atomic E-state index is 9.94. The Labute approximate surface area is 164 Å². The van der Waals surface area contributed by atoms with Crippen molar-refractivity contribution in [3.63, 3.8) is 0 Å². The van der Waals surface area contributed by atoms with E-state index in [0.29, 0.717) is 6.32 Å². The van der Waals surface area contributed by atoms with Gasteiger partial charge in [0.15, 0.2) is 5.65 Å². The molecule has 0 N–H and O–H groups in total. The number of fused-ring (bicyclic) bond motifs is 1. The van der Waals surface area contributed by atoms with E-state index < -0.39 is 0 Å². The van der Waals surface area contributed by atoms with Crippen molar-refractivity contribution in [2.45, 2.75) is 26.1 Å². The van der Waals surface area contributed by atoms with Crippen LogP contribution in [0.1, 0.15) is 24.5 Å². The van der Waals surface area contributed by atoms with Crippen molar-refractivity contribution < 1.29 is 0 Å². The topological polar surface area (TPSA) is 66.9 Å². The first kappa shape index (κ1) is 17.9. The Morgan fingerprint density at radius 2 is 1.96 bits per heavy atom. The molecule has 0 aliphatic rings. The van der Waals surface area contributed by atoms with Crippen LogP contribution >= 0.6 is 0 Å².